The minimum atomic E-state index is -0.0284. The van der Waals surface area contributed by atoms with Crippen LogP contribution in [0.5, 0.6) is 5.75 Å². The summed E-state index contributed by atoms with van der Waals surface area (Å²) in [5.41, 5.74) is 5.89. The standard InChI is InChI=1S/C24H25NO2S/c1-16-12-17(2)14-18(13-16)15-23(26)25-10-8-22-21(9-11-28-22)24(25)19-4-6-20(27-3)7-5-19/h4-7,9,11-14,24H,8,10,15H2,1-3H3. The first kappa shape index (κ1) is 18.8. The molecule has 3 aromatic rings. The lowest BCUT2D eigenvalue weighted by Gasteiger charge is -2.36. The van der Waals surface area contributed by atoms with Crippen LogP contribution in [0.4, 0.5) is 0 Å². The van der Waals surface area contributed by atoms with E-state index in [2.05, 4.69) is 60.5 Å². The van der Waals surface area contributed by atoms with Gasteiger partial charge in [-0.2, -0.15) is 0 Å². The molecule has 1 atom stereocenters. The van der Waals surface area contributed by atoms with Gasteiger partial charge in [0, 0.05) is 11.4 Å². The molecule has 0 aliphatic carbocycles. The molecule has 1 amide bonds. The molecule has 0 saturated carbocycles. The smallest absolute Gasteiger partial charge is 0.227 e. The quantitative estimate of drug-likeness (QED) is 0.620. The Labute approximate surface area is 170 Å². The van der Waals surface area contributed by atoms with Crippen LogP contribution in [0.2, 0.25) is 0 Å². The summed E-state index contributed by atoms with van der Waals surface area (Å²) in [5, 5.41) is 2.14. The van der Waals surface area contributed by atoms with Crippen molar-refractivity contribution >= 4 is 17.2 Å². The van der Waals surface area contributed by atoms with E-state index in [1.54, 1.807) is 18.4 Å². The summed E-state index contributed by atoms with van der Waals surface area (Å²) in [4.78, 5) is 16.8. The fourth-order valence-electron chi connectivity index (χ4n) is 4.18. The minimum absolute atomic E-state index is 0.0284. The number of thiophene rings is 1. The van der Waals surface area contributed by atoms with Crippen LogP contribution in [-0.2, 0) is 17.6 Å². The predicted octanol–water partition coefficient (Wildman–Crippen LogP) is 5.09. The topological polar surface area (TPSA) is 29.5 Å². The molecule has 1 aliphatic rings. The second kappa shape index (κ2) is 7.80. The molecule has 28 heavy (non-hydrogen) atoms. The minimum Gasteiger partial charge on any atom is -0.497 e. The van der Waals surface area contributed by atoms with E-state index in [1.807, 2.05) is 12.1 Å². The van der Waals surface area contributed by atoms with Crippen LogP contribution < -0.4 is 4.74 Å². The van der Waals surface area contributed by atoms with Gasteiger partial charge in [0.25, 0.3) is 0 Å². The Balaban J connectivity index is 1.66. The van der Waals surface area contributed by atoms with Crippen molar-refractivity contribution in [3.8, 4) is 5.75 Å². The van der Waals surface area contributed by atoms with Crippen molar-refractivity contribution in [3.63, 3.8) is 0 Å². The van der Waals surface area contributed by atoms with E-state index in [9.17, 15) is 4.79 Å². The van der Waals surface area contributed by atoms with Crippen molar-refractivity contribution in [2.45, 2.75) is 32.7 Å². The van der Waals surface area contributed by atoms with Crippen LogP contribution in [0.3, 0.4) is 0 Å². The first-order chi connectivity index (χ1) is 13.5. The summed E-state index contributed by atoms with van der Waals surface area (Å²) >= 11 is 1.79. The summed E-state index contributed by atoms with van der Waals surface area (Å²) in [7, 11) is 1.67. The monoisotopic (exact) mass is 391 g/mol. The van der Waals surface area contributed by atoms with Gasteiger partial charge in [-0.05, 0) is 60.5 Å². The SMILES string of the molecule is COc1ccc(C2c3ccsc3CCN2C(=O)Cc2cc(C)cc(C)c2)cc1. The van der Waals surface area contributed by atoms with E-state index >= 15 is 0 Å². The fraction of sp³-hybridized carbons (Fsp3) is 0.292. The van der Waals surface area contributed by atoms with Crippen LogP contribution in [0.1, 0.15) is 38.7 Å². The molecule has 0 fully saturated rings. The lowest BCUT2D eigenvalue weighted by molar-refractivity contribution is -0.132. The maximum atomic E-state index is 13.3. The number of carbonyl (C=O) groups is 1. The van der Waals surface area contributed by atoms with E-state index in [-0.39, 0.29) is 11.9 Å². The van der Waals surface area contributed by atoms with Crippen LogP contribution in [0.15, 0.2) is 53.9 Å². The maximum Gasteiger partial charge on any atom is 0.227 e. The molecule has 2 heterocycles. The van der Waals surface area contributed by atoms with Crippen LogP contribution >= 0.6 is 11.3 Å². The summed E-state index contributed by atoms with van der Waals surface area (Å²) < 4.78 is 5.31. The van der Waals surface area contributed by atoms with Gasteiger partial charge in [0.15, 0.2) is 0 Å². The van der Waals surface area contributed by atoms with Crippen molar-refractivity contribution in [2.24, 2.45) is 0 Å². The Morgan fingerprint density at radius 1 is 1.11 bits per heavy atom. The molecule has 0 bridgehead atoms. The highest BCUT2D eigenvalue weighted by Gasteiger charge is 2.32. The van der Waals surface area contributed by atoms with Crippen LogP contribution in [-0.4, -0.2) is 24.5 Å². The normalized spacial score (nSPS) is 16.0. The van der Waals surface area contributed by atoms with Crippen molar-refractivity contribution < 1.29 is 9.53 Å². The summed E-state index contributed by atoms with van der Waals surface area (Å²) in [6.45, 7) is 4.92. The van der Waals surface area contributed by atoms with Gasteiger partial charge in [-0.15, -0.1) is 11.3 Å². The third kappa shape index (κ3) is 3.69. The molecule has 4 heteroatoms. The third-order valence-electron chi connectivity index (χ3n) is 5.35. The number of rotatable bonds is 4. The lowest BCUT2D eigenvalue weighted by Crippen LogP contribution is -2.40. The predicted molar refractivity (Wildman–Crippen MR) is 114 cm³/mol. The molecule has 1 unspecified atom stereocenters. The second-order valence-corrected chi connectivity index (χ2v) is 8.49. The molecule has 0 radical (unpaired) electrons. The number of ether oxygens (including phenoxy) is 1. The van der Waals surface area contributed by atoms with E-state index in [1.165, 1.54) is 21.6 Å². The highest BCUT2D eigenvalue weighted by molar-refractivity contribution is 7.10. The second-order valence-electron chi connectivity index (χ2n) is 7.48. The first-order valence-corrected chi connectivity index (χ1v) is 10.5. The molecule has 3 nitrogen and oxygen atoms in total. The van der Waals surface area contributed by atoms with Crippen molar-refractivity contribution in [3.05, 3.63) is 86.6 Å². The number of amides is 1. The number of methoxy groups -OCH3 is 1. The third-order valence-corrected chi connectivity index (χ3v) is 6.35. The first-order valence-electron chi connectivity index (χ1n) is 9.62. The Hall–Kier alpha value is -2.59. The Bertz CT molecular complexity index is 970. The maximum absolute atomic E-state index is 13.3. The molecule has 144 valence electrons. The largest absolute Gasteiger partial charge is 0.497 e. The van der Waals surface area contributed by atoms with E-state index in [0.717, 1.165) is 29.8 Å². The molecule has 1 aromatic heterocycles. The highest BCUT2D eigenvalue weighted by Crippen LogP contribution is 2.38. The zero-order valence-electron chi connectivity index (χ0n) is 16.6. The Morgan fingerprint density at radius 2 is 1.82 bits per heavy atom. The number of aryl methyl sites for hydroxylation is 2. The van der Waals surface area contributed by atoms with E-state index < -0.39 is 0 Å². The summed E-state index contributed by atoms with van der Waals surface area (Å²) in [5.74, 6) is 1.01. The van der Waals surface area contributed by atoms with Gasteiger partial charge >= 0.3 is 0 Å². The van der Waals surface area contributed by atoms with Crippen molar-refractivity contribution in [2.75, 3.05) is 13.7 Å². The van der Waals surface area contributed by atoms with Gasteiger partial charge in [-0.3, -0.25) is 4.79 Å². The Morgan fingerprint density at radius 3 is 2.50 bits per heavy atom. The zero-order chi connectivity index (χ0) is 19.7. The molecular weight excluding hydrogens is 366 g/mol. The van der Waals surface area contributed by atoms with Crippen molar-refractivity contribution in [1.29, 1.82) is 0 Å². The molecule has 0 saturated heterocycles. The average molecular weight is 392 g/mol. The van der Waals surface area contributed by atoms with Gasteiger partial charge < -0.3 is 9.64 Å². The average Bonchev–Trinajstić information content (AvgIpc) is 3.15. The van der Waals surface area contributed by atoms with Gasteiger partial charge in [0.2, 0.25) is 5.91 Å². The number of fused-ring (bicyclic) bond motifs is 1. The number of carbonyl (C=O) groups excluding carboxylic acids is 1. The number of nitrogens with zero attached hydrogens (tertiary/aromatic N) is 1. The van der Waals surface area contributed by atoms with E-state index in [0.29, 0.717) is 6.42 Å². The van der Waals surface area contributed by atoms with E-state index in [4.69, 9.17) is 4.74 Å². The summed E-state index contributed by atoms with van der Waals surface area (Å²) in [6, 6.07) is 16.6. The fourth-order valence-corrected chi connectivity index (χ4v) is 5.08. The van der Waals surface area contributed by atoms with Crippen molar-refractivity contribution in [1.82, 2.24) is 4.90 Å². The zero-order valence-corrected chi connectivity index (χ0v) is 17.4. The molecule has 0 spiro atoms. The molecule has 2 aromatic carbocycles. The molecule has 0 N–H and O–H groups in total. The lowest BCUT2D eigenvalue weighted by atomic mass is 9.92. The number of hydrogen-bond acceptors (Lipinski definition) is 3. The molecular formula is C24H25NO2S. The molecule has 1 aliphatic heterocycles. The highest BCUT2D eigenvalue weighted by atomic mass is 32.1. The number of benzene rings is 2. The number of hydrogen-bond donors (Lipinski definition) is 0. The Kier molecular flexibility index (Phi) is 5.23. The van der Waals surface area contributed by atoms with Gasteiger partial charge in [-0.25, -0.2) is 0 Å². The van der Waals surface area contributed by atoms with Crippen LogP contribution in [0, 0.1) is 13.8 Å². The van der Waals surface area contributed by atoms with Gasteiger partial charge in [-0.1, -0.05) is 41.5 Å². The van der Waals surface area contributed by atoms with Crippen LogP contribution in [0.25, 0.3) is 0 Å². The van der Waals surface area contributed by atoms with Gasteiger partial charge in [0.1, 0.15) is 5.75 Å². The molecule has 4 rings (SSSR count). The summed E-state index contributed by atoms with van der Waals surface area (Å²) in [6.07, 6.45) is 1.37. The van der Waals surface area contributed by atoms with Gasteiger partial charge in [0.05, 0.1) is 19.6 Å².